The number of benzene rings is 1. The first-order valence-electron chi connectivity index (χ1n) is 10.3. The van der Waals surface area contributed by atoms with Crippen molar-refractivity contribution < 1.29 is 9.59 Å². The molecule has 3 aliphatic heterocycles. The van der Waals surface area contributed by atoms with Crippen LogP contribution in [0.1, 0.15) is 24.8 Å². The lowest BCUT2D eigenvalue weighted by molar-refractivity contribution is -0.143. The highest BCUT2D eigenvalue weighted by Gasteiger charge is 2.39. The van der Waals surface area contributed by atoms with Gasteiger partial charge in [-0.25, -0.2) is 0 Å². The van der Waals surface area contributed by atoms with Crippen LogP contribution in [0.4, 0.5) is 0 Å². The van der Waals surface area contributed by atoms with Crippen LogP contribution in [0.15, 0.2) is 30.3 Å². The van der Waals surface area contributed by atoms with Crippen molar-refractivity contribution >= 4 is 11.8 Å². The predicted octanol–water partition coefficient (Wildman–Crippen LogP) is 0.726. The molecule has 0 aromatic heterocycles. The van der Waals surface area contributed by atoms with Gasteiger partial charge in [-0.2, -0.15) is 0 Å². The molecule has 2 amide bonds. The maximum Gasteiger partial charge on any atom is 0.245 e. The maximum atomic E-state index is 13.1. The molecule has 3 heterocycles. The van der Waals surface area contributed by atoms with Gasteiger partial charge in [-0.05, 0) is 24.8 Å². The van der Waals surface area contributed by atoms with Crippen LogP contribution in [-0.4, -0.2) is 84.4 Å². The molecule has 0 spiro atoms. The fourth-order valence-electron chi connectivity index (χ4n) is 4.69. The quantitative estimate of drug-likeness (QED) is 0.849. The van der Waals surface area contributed by atoms with Crippen LogP contribution < -0.4 is 5.32 Å². The number of hydrogen-bond donors (Lipinski definition) is 1. The van der Waals surface area contributed by atoms with Gasteiger partial charge in [-0.15, -0.1) is 0 Å². The summed E-state index contributed by atoms with van der Waals surface area (Å²) in [6.45, 7) is 6.55. The van der Waals surface area contributed by atoms with Crippen molar-refractivity contribution in [3.05, 3.63) is 35.9 Å². The molecule has 0 radical (unpaired) electrons. The standard InChI is InChI=1S/C21H30N4O2/c26-20(15-17-5-2-1-3-6-17)25-11-4-7-19(25)21(27)24-12-8-18(16-24)23-13-9-22-10-14-23/h1-3,5-6,18-19,22H,4,7-16H2. The molecule has 0 saturated carbocycles. The molecule has 3 saturated heterocycles. The van der Waals surface area contributed by atoms with Gasteiger partial charge in [0.2, 0.25) is 11.8 Å². The highest BCUT2D eigenvalue weighted by molar-refractivity contribution is 5.89. The number of amides is 2. The zero-order valence-corrected chi connectivity index (χ0v) is 16.0. The summed E-state index contributed by atoms with van der Waals surface area (Å²) in [5.74, 6) is 0.237. The molecule has 6 nitrogen and oxygen atoms in total. The Bertz CT molecular complexity index is 659. The van der Waals surface area contributed by atoms with Crippen molar-refractivity contribution in [3.63, 3.8) is 0 Å². The van der Waals surface area contributed by atoms with Gasteiger partial charge in [0.1, 0.15) is 6.04 Å². The third-order valence-corrected chi connectivity index (χ3v) is 6.20. The van der Waals surface area contributed by atoms with Gasteiger partial charge in [0.05, 0.1) is 6.42 Å². The second-order valence-corrected chi connectivity index (χ2v) is 7.92. The number of nitrogens with zero attached hydrogens (tertiary/aromatic N) is 3. The number of carbonyl (C=O) groups excluding carboxylic acids is 2. The van der Waals surface area contributed by atoms with Gasteiger partial charge < -0.3 is 15.1 Å². The van der Waals surface area contributed by atoms with Gasteiger partial charge in [0.25, 0.3) is 0 Å². The van der Waals surface area contributed by atoms with Gasteiger partial charge in [0, 0.05) is 51.9 Å². The fraction of sp³-hybridized carbons (Fsp3) is 0.619. The Kier molecular flexibility index (Phi) is 5.74. The molecule has 0 aliphatic carbocycles. The van der Waals surface area contributed by atoms with E-state index in [2.05, 4.69) is 10.2 Å². The average molecular weight is 370 g/mol. The summed E-state index contributed by atoms with van der Waals surface area (Å²) in [6, 6.07) is 10.0. The molecule has 146 valence electrons. The number of hydrogen-bond acceptors (Lipinski definition) is 4. The molecule has 1 aromatic rings. The molecule has 27 heavy (non-hydrogen) atoms. The van der Waals surface area contributed by atoms with Crippen LogP contribution in [0.2, 0.25) is 0 Å². The van der Waals surface area contributed by atoms with E-state index >= 15 is 0 Å². The van der Waals surface area contributed by atoms with E-state index < -0.39 is 0 Å². The lowest BCUT2D eigenvalue weighted by Gasteiger charge is -2.33. The van der Waals surface area contributed by atoms with E-state index in [0.29, 0.717) is 19.0 Å². The second-order valence-electron chi connectivity index (χ2n) is 7.92. The van der Waals surface area contributed by atoms with E-state index in [4.69, 9.17) is 0 Å². The van der Waals surface area contributed by atoms with Crippen molar-refractivity contribution in [2.45, 2.75) is 37.8 Å². The summed E-state index contributed by atoms with van der Waals surface area (Å²) in [6.07, 6.45) is 3.16. The zero-order chi connectivity index (χ0) is 18.6. The van der Waals surface area contributed by atoms with Crippen LogP contribution >= 0.6 is 0 Å². The first-order valence-corrected chi connectivity index (χ1v) is 10.3. The van der Waals surface area contributed by atoms with E-state index in [1.165, 1.54) is 0 Å². The Morgan fingerprint density at radius 2 is 1.78 bits per heavy atom. The SMILES string of the molecule is O=C(C1CCCN1C(=O)Cc1ccccc1)N1CCC(N2CCNCC2)C1. The Labute approximate surface area is 161 Å². The molecule has 1 aromatic carbocycles. The summed E-state index contributed by atoms with van der Waals surface area (Å²) in [7, 11) is 0. The normalized spacial score (nSPS) is 26.5. The predicted molar refractivity (Wildman–Crippen MR) is 104 cm³/mol. The van der Waals surface area contributed by atoms with Crippen molar-refractivity contribution in [3.8, 4) is 0 Å². The van der Waals surface area contributed by atoms with Crippen LogP contribution in [0, 0.1) is 0 Å². The Morgan fingerprint density at radius 3 is 2.56 bits per heavy atom. The van der Waals surface area contributed by atoms with E-state index in [1.54, 1.807) is 0 Å². The smallest absolute Gasteiger partial charge is 0.245 e. The van der Waals surface area contributed by atoms with Crippen LogP contribution in [0.5, 0.6) is 0 Å². The fourth-order valence-corrected chi connectivity index (χ4v) is 4.69. The lowest BCUT2D eigenvalue weighted by Crippen LogP contribution is -2.51. The molecular formula is C21H30N4O2. The molecule has 6 heteroatoms. The van der Waals surface area contributed by atoms with Crippen LogP contribution in [0.25, 0.3) is 0 Å². The minimum absolute atomic E-state index is 0.0786. The van der Waals surface area contributed by atoms with E-state index in [9.17, 15) is 9.59 Å². The summed E-state index contributed by atoms with van der Waals surface area (Å²) < 4.78 is 0. The summed E-state index contributed by atoms with van der Waals surface area (Å²) in [5.41, 5.74) is 1.01. The lowest BCUT2D eigenvalue weighted by atomic mass is 10.1. The molecule has 0 bridgehead atoms. The van der Waals surface area contributed by atoms with Crippen molar-refractivity contribution in [1.82, 2.24) is 20.0 Å². The van der Waals surface area contributed by atoms with E-state index in [1.807, 2.05) is 40.1 Å². The summed E-state index contributed by atoms with van der Waals surface area (Å²) in [4.78, 5) is 32.3. The van der Waals surface area contributed by atoms with Crippen molar-refractivity contribution in [1.29, 1.82) is 0 Å². The number of rotatable bonds is 4. The molecule has 3 fully saturated rings. The molecule has 2 atom stereocenters. The number of nitrogens with one attached hydrogen (secondary N) is 1. The van der Waals surface area contributed by atoms with Crippen molar-refractivity contribution in [2.24, 2.45) is 0 Å². The van der Waals surface area contributed by atoms with Gasteiger partial charge in [-0.3, -0.25) is 14.5 Å². The zero-order valence-electron chi connectivity index (χ0n) is 16.0. The largest absolute Gasteiger partial charge is 0.339 e. The summed E-state index contributed by atoms with van der Waals surface area (Å²) >= 11 is 0. The molecule has 3 aliphatic rings. The third-order valence-electron chi connectivity index (χ3n) is 6.20. The minimum Gasteiger partial charge on any atom is -0.339 e. The topological polar surface area (TPSA) is 55.9 Å². The van der Waals surface area contributed by atoms with Gasteiger partial charge in [0.15, 0.2) is 0 Å². The highest BCUT2D eigenvalue weighted by atomic mass is 16.2. The monoisotopic (exact) mass is 370 g/mol. The first kappa shape index (κ1) is 18.4. The van der Waals surface area contributed by atoms with Gasteiger partial charge >= 0.3 is 0 Å². The molecule has 2 unspecified atom stereocenters. The maximum absolute atomic E-state index is 13.1. The van der Waals surface area contributed by atoms with Gasteiger partial charge in [-0.1, -0.05) is 30.3 Å². The third kappa shape index (κ3) is 4.17. The molecule has 1 N–H and O–H groups in total. The minimum atomic E-state index is -0.261. The summed E-state index contributed by atoms with van der Waals surface area (Å²) in [5, 5.41) is 3.39. The Balaban J connectivity index is 1.35. The average Bonchev–Trinajstić information content (AvgIpc) is 3.39. The Hall–Kier alpha value is -1.92. The number of likely N-dealkylation sites (tertiary alicyclic amines) is 2. The van der Waals surface area contributed by atoms with Crippen LogP contribution in [0.3, 0.4) is 0 Å². The number of piperazine rings is 1. The first-order chi connectivity index (χ1) is 13.2. The second kappa shape index (κ2) is 8.40. The van der Waals surface area contributed by atoms with E-state index in [-0.39, 0.29) is 17.9 Å². The Morgan fingerprint density at radius 1 is 1.00 bits per heavy atom. The van der Waals surface area contributed by atoms with Crippen molar-refractivity contribution in [2.75, 3.05) is 45.8 Å². The highest BCUT2D eigenvalue weighted by Crippen LogP contribution is 2.24. The van der Waals surface area contributed by atoms with Crippen LogP contribution in [-0.2, 0) is 16.0 Å². The molecule has 4 rings (SSSR count). The number of carbonyl (C=O) groups is 2. The van der Waals surface area contributed by atoms with E-state index in [0.717, 1.165) is 64.1 Å². The molecular weight excluding hydrogens is 340 g/mol.